The Morgan fingerprint density at radius 3 is 2.29 bits per heavy atom. The molecular weight excluding hydrogens is 346 g/mol. The summed E-state index contributed by atoms with van der Waals surface area (Å²) in [4.78, 5) is 12.2. The van der Waals surface area contributed by atoms with E-state index in [0.29, 0.717) is 12.2 Å². The lowest BCUT2D eigenvalue weighted by Crippen LogP contribution is -2.05. The molecule has 1 heterocycles. The van der Waals surface area contributed by atoms with Crippen molar-refractivity contribution >= 4 is 16.9 Å². The van der Waals surface area contributed by atoms with Gasteiger partial charge in [0.05, 0.1) is 17.9 Å². The number of carbonyl (C=O) groups is 1. The second kappa shape index (κ2) is 7.73. The van der Waals surface area contributed by atoms with E-state index in [2.05, 4.69) is 60.0 Å². The Morgan fingerprint density at radius 1 is 0.929 bits per heavy atom. The molecule has 0 aliphatic rings. The van der Waals surface area contributed by atoms with Crippen molar-refractivity contribution in [3.63, 3.8) is 0 Å². The molecule has 0 spiro atoms. The quantitative estimate of drug-likeness (QED) is 0.414. The molecule has 0 bridgehead atoms. The maximum atomic E-state index is 12.2. The fourth-order valence-corrected chi connectivity index (χ4v) is 3.76. The summed E-state index contributed by atoms with van der Waals surface area (Å²) in [7, 11) is 0. The fourth-order valence-electron chi connectivity index (χ4n) is 3.76. The largest absolute Gasteiger partial charge is 0.462 e. The van der Waals surface area contributed by atoms with Crippen LogP contribution in [0.3, 0.4) is 0 Å². The molecule has 4 rings (SSSR count). The molecule has 1 aromatic heterocycles. The van der Waals surface area contributed by atoms with E-state index >= 15 is 0 Å². The number of hydrogen-bond donors (Lipinski definition) is 0. The zero-order chi connectivity index (χ0) is 19.5. The summed E-state index contributed by atoms with van der Waals surface area (Å²) in [6.45, 7) is 5.10. The van der Waals surface area contributed by atoms with E-state index in [4.69, 9.17) is 4.74 Å². The van der Waals surface area contributed by atoms with Crippen LogP contribution < -0.4 is 0 Å². The minimum Gasteiger partial charge on any atom is -0.462 e. The molecule has 0 aliphatic heterocycles. The zero-order valence-corrected chi connectivity index (χ0v) is 16.2. The summed E-state index contributed by atoms with van der Waals surface area (Å²) in [5, 5.41) is 1.08. The Bertz CT molecular complexity index is 1110. The minimum absolute atomic E-state index is 0.277. The molecule has 28 heavy (non-hydrogen) atoms. The van der Waals surface area contributed by atoms with Crippen LogP contribution >= 0.6 is 0 Å². The van der Waals surface area contributed by atoms with E-state index in [0.717, 1.165) is 17.4 Å². The van der Waals surface area contributed by atoms with Crippen molar-refractivity contribution in [2.75, 3.05) is 6.61 Å². The number of hydrogen-bond acceptors (Lipinski definition) is 2. The SMILES string of the molecule is CCOC(=O)c1ccc2c(c1)c(C)c(-c1ccccc1)n2Cc1ccccc1. The number of benzene rings is 3. The number of nitrogens with zero attached hydrogens (tertiary/aromatic N) is 1. The van der Waals surface area contributed by atoms with E-state index in [-0.39, 0.29) is 5.97 Å². The first kappa shape index (κ1) is 18.1. The third-order valence-corrected chi connectivity index (χ3v) is 5.06. The van der Waals surface area contributed by atoms with Gasteiger partial charge in [0.2, 0.25) is 0 Å². The maximum absolute atomic E-state index is 12.2. The second-order valence-electron chi connectivity index (χ2n) is 6.86. The van der Waals surface area contributed by atoms with E-state index in [1.807, 2.05) is 37.3 Å². The summed E-state index contributed by atoms with van der Waals surface area (Å²) >= 11 is 0. The monoisotopic (exact) mass is 369 g/mol. The average molecular weight is 369 g/mol. The van der Waals surface area contributed by atoms with Crippen molar-refractivity contribution in [3.05, 3.63) is 95.6 Å². The van der Waals surface area contributed by atoms with Gasteiger partial charge in [-0.2, -0.15) is 0 Å². The molecule has 0 fully saturated rings. The van der Waals surface area contributed by atoms with E-state index < -0.39 is 0 Å². The van der Waals surface area contributed by atoms with Gasteiger partial charge in [0, 0.05) is 17.4 Å². The van der Waals surface area contributed by atoms with Gasteiger partial charge < -0.3 is 9.30 Å². The number of aryl methyl sites for hydroxylation is 1. The van der Waals surface area contributed by atoms with Crippen LogP contribution in [0.5, 0.6) is 0 Å². The van der Waals surface area contributed by atoms with Crippen LogP contribution in [0.4, 0.5) is 0 Å². The summed E-state index contributed by atoms with van der Waals surface area (Å²) in [5.74, 6) is -0.277. The topological polar surface area (TPSA) is 31.2 Å². The third kappa shape index (κ3) is 3.31. The van der Waals surface area contributed by atoms with Crippen LogP contribution in [-0.4, -0.2) is 17.1 Å². The minimum atomic E-state index is -0.277. The highest BCUT2D eigenvalue weighted by atomic mass is 16.5. The molecule has 3 aromatic carbocycles. The van der Waals surface area contributed by atoms with Gasteiger partial charge in [0.25, 0.3) is 0 Å². The highest BCUT2D eigenvalue weighted by Crippen LogP contribution is 2.34. The number of carbonyl (C=O) groups excluding carboxylic acids is 1. The molecule has 0 aliphatic carbocycles. The second-order valence-corrected chi connectivity index (χ2v) is 6.86. The summed E-state index contributed by atoms with van der Waals surface area (Å²) in [6.07, 6.45) is 0. The predicted octanol–water partition coefficient (Wildman–Crippen LogP) is 5.84. The molecule has 140 valence electrons. The van der Waals surface area contributed by atoms with Crippen molar-refractivity contribution in [1.29, 1.82) is 0 Å². The lowest BCUT2D eigenvalue weighted by Gasteiger charge is -2.12. The van der Waals surface area contributed by atoms with Gasteiger partial charge in [-0.25, -0.2) is 4.79 Å². The summed E-state index contributed by atoms with van der Waals surface area (Å²) < 4.78 is 7.53. The van der Waals surface area contributed by atoms with Gasteiger partial charge in [-0.15, -0.1) is 0 Å². The number of esters is 1. The normalized spacial score (nSPS) is 10.9. The van der Waals surface area contributed by atoms with Crippen LogP contribution in [0.1, 0.15) is 28.4 Å². The van der Waals surface area contributed by atoms with E-state index in [1.165, 1.54) is 22.4 Å². The first-order valence-corrected chi connectivity index (χ1v) is 9.58. The molecule has 0 N–H and O–H groups in total. The molecular formula is C25H23NO2. The summed E-state index contributed by atoms with van der Waals surface area (Å²) in [6, 6.07) is 26.7. The molecule has 0 saturated heterocycles. The standard InChI is InChI=1S/C25H23NO2/c1-3-28-25(27)21-14-15-23-22(16-21)18(2)24(20-12-8-5-9-13-20)26(23)17-19-10-6-4-7-11-19/h4-16H,3,17H2,1-2H3. The molecule has 0 amide bonds. The Kier molecular flexibility index (Phi) is 4.98. The lowest BCUT2D eigenvalue weighted by molar-refractivity contribution is 0.0526. The molecule has 0 saturated carbocycles. The molecule has 0 atom stereocenters. The average Bonchev–Trinajstić information content (AvgIpc) is 3.01. The summed E-state index contributed by atoms with van der Waals surface area (Å²) in [5.41, 5.74) is 6.47. The Labute approximate surface area is 165 Å². The van der Waals surface area contributed by atoms with Crippen molar-refractivity contribution in [3.8, 4) is 11.3 Å². The Hall–Kier alpha value is -3.33. The van der Waals surface area contributed by atoms with E-state index in [1.54, 1.807) is 0 Å². The molecule has 3 heteroatoms. The molecule has 3 nitrogen and oxygen atoms in total. The number of aromatic nitrogens is 1. The van der Waals surface area contributed by atoms with Crippen LogP contribution in [-0.2, 0) is 11.3 Å². The van der Waals surface area contributed by atoms with Gasteiger partial charge >= 0.3 is 5.97 Å². The van der Waals surface area contributed by atoms with Crippen LogP contribution in [0, 0.1) is 6.92 Å². The van der Waals surface area contributed by atoms with Crippen LogP contribution in [0.25, 0.3) is 22.2 Å². The Morgan fingerprint density at radius 2 is 1.61 bits per heavy atom. The van der Waals surface area contributed by atoms with Gasteiger partial charge in [-0.05, 0) is 48.7 Å². The van der Waals surface area contributed by atoms with Crippen LogP contribution in [0.2, 0.25) is 0 Å². The highest BCUT2D eigenvalue weighted by molar-refractivity contribution is 5.98. The predicted molar refractivity (Wildman–Crippen MR) is 114 cm³/mol. The lowest BCUT2D eigenvalue weighted by atomic mass is 10.1. The smallest absolute Gasteiger partial charge is 0.338 e. The maximum Gasteiger partial charge on any atom is 0.338 e. The highest BCUT2D eigenvalue weighted by Gasteiger charge is 2.18. The molecule has 0 radical (unpaired) electrons. The van der Waals surface area contributed by atoms with Gasteiger partial charge in [-0.3, -0.25) is 0 Å². The van der Waals surface area contributed by atoms with Gasteiger partial charge in [0.1, 0.15) is 0 Å². The van der Waals surface area contributed by atoms with E-state index in [9.17, 15) is 4.79 Å². The first-order valence-electron chi connectivity index (χ1n) is 9.58. The number of fused-ring (bicyclic) bond motifs is 1. The van der Waals surface area contributed by atoms with Crippen LogP contribution in [0.15, 0.2) is 78.9 Å². The van der Waals surface area contributed by atoms with Crippen molar-refractivity contribution in [2.24, 2.45) is 0 Å². The number of ether oxygens (including phenoxy) is 1. The van der Waals surface area contributed by atoms with Gasteiger partial charge in [0.15, 0.2) is 0 Å². The first-order chi connectivity index (χ1) is 13.7. The zero-order valence-electron chi connectivity index (χ0n) is 16.2. The van der Waals surface area contributed by atoms with Crippen molar-refractivity contribution < 1.29 is 9.53 Å². The van der Waals surface area contributed by atoms with Crippen molar-refractivity contribution in [1.82, 2.24) is 4.57 Å². The number of rotatable bonds is 5. The third-order valence-electron chi connectivity index (χ3n) is 5.06. The van der Waals surface area contributed by atoms with Gasteiger partial charge in [-0.1, -0.05) is 60.7 Å². The molecule has 0 unspecified atom stereocenters. The molecule has 4 aromatic rings. The fraction of sp³-hybridized carbons (Fsp3) is 0.160. The Balaban J connectivity index is 1.92. The van der Waals surface area contributed by atoms with Crippen molar-refractivity contribution in [2.45, 2.75) is 20.4 Å².